The van der Waals surface area contributed by atoms with Crippen molar-refractivity contribution in [1.29, 1.82) is 0 Å². The molecule has 0 spiro atoms. The molecule has 1 heterocycles. The van der Waals surface area contributed by atoms with Gasteiger partial charge in [0.25, 0.3) is 5.56 Å². The first-order chi connectivity index (χ1) is 10.5. The Bertz CT molecular complexity index is 801. The van der Waals surface area contributed by atoms with Gasteiger partial charge in [0.2, 0.25) is 0 Å². The number of aromatic nitrogens is 2. The molecule has 0 radical (unpaired) electrons. The van der Waals surface area contributed by atoms with Crippen molar-refractivity contribution < 1.29 is 13.9 Å². The number of hydrogen-bond acceptors (Lipinski definition) is 5. The number of aromatic amines is 1. The average Bonchev–Trinajstić information content (AvgIpc) is 2.49. The summed E-state index contributed by atoms with van der Waals surface area (Å²) in [6, 6.07) is 3.99. The van der Waals surface area contributed by atoms with E-state index in [1.807, 2.05) is 0 Å². The van der Waals surface area contributed by atoms with Crippen molar-refractivity contribution in [2.24, 2.45) is 5.73 Å². The van der Waals surface area contributed by atoms with E-state index in [0.717, 1.165) is 0 Å². The van der Waals surface area contributed by atoms with Crippen LogP contribution in [0.25, 0.3) is 11.3 Å². The molecule has 0 amide bonds. The van der Waals surface area contributed by atoms with Gasteiger partial charge in [0.15, 0.2) is 16.3 Å². The van der Waals surface area contributed by atoms with Crippen LogP contribution in [0.3, 0.4) is 0 Å². The molecule has 3 N–H and O–H groups in total. The zero-order valence-corrected chi connectivity index (χ0v) is 13.0. The minimum Gasteiger partial charge on any atom is -0.496 e. The number of nitrogens with zero attached hydrogens (tertiary/aromatic N) is 1. The maximum atomic E-state index is 14.0. The second-order valence-corrected chi connectivity index (χ2v) is 4.84. The first kappa shape index (κ1) is 16.2. The number of halogens is 1. The van der Waals surface area contributed by atoms with Gasteiger partial charge in [-0.05, 0) is 18.3 Å². The van der Waals surface area contributed by atoms with Gasteiger partial charge in [-0.2, -0.15) is 0 Å². The Kier molecular flexibility index (Phi) is 4.94. The molecule has 6 nitrogen and oxygen atoms in total. The van der Waals surface area contributed by atoms with E-state index in [2.05, 4.69) is 4.98 Å². The Hall–Kier alpha value is -2.19. The highest BCUT2D eigenvalue weighted by Gasteiger charge is 2.16. The second kappa shape index (κ2) is 6.71. The number of nitrogens with one attached hydrogen (secondary N) is 1. The fourth-order valence-corrected chi connectivity index (χ4v) is 2.45. The molecule has 8 heteroatoms. The quantitative estimate of drug-likeness (QED) is 0.818. The molecule has 0 unspecified atom stereocenters. The lowest BCUT2D eigenvalue weighted by molar-refractivity contribution is 0.374. The SMILES string of the molecule is COc1cc(OC)c(-c2cc(=O)[nH]c(=S)n2CCN)cc1F. The van der Waals surface area contributed by atoms with E-state index in [9.17, 15) is 9.18 Å². The summed E-state index contributed by atoms with van der Waals surface area (Å²) in [5.41, 5.74) is 6.02. The summed E-state index contributed by atoms with van der Waals surface area (Å²) in [5.74, 6) is -0.151. The molecular weight excluding hydrogens is 309 g/mol. The van der Waals surface area contributed by atoms with Gasteiger partial charge in [0.05, 0.1) is 19.9 Å². The Balaban J connectivity index is 2.78. The van der Waals surface area contributed by atoms with Crippen molar-refractivity contribution >= 4 is 12.2 Å². The van der Waals surface area contributed by atoms with Gasteiger partial charge >= 0.3 is 0 Å². The standard InChI is InChI=1S/C14H16FN3O3S/c1-20-11-7-12(21-2)9(15)5-8(11)10-6-13(19)17-14(22)18(10)4-3-16/h5-7H,3-4,16H2,1-2H3,(H,17,19,22). The predicted molar refractivity (Wildman–Crippen MR) is 83.4 cm³/mol. The second-order valence-electron chi connectivity index (χ2n) is 4.45. The number of nitrogens with two attached hydrogens (primary N) is 1. The molecule has 0 saturated heterocycles. The van der Waals surface area contributed by atoms with E-state index >= 15 is 0 Å². The van der Waals surface area contributed by atoms with Crippen molar-refractivity contribution in [1.82, 2.24) is 9.55 Å². The monoisotopic (exact) mass is 325 g/mol. The minimum absolute atomic E-state index is 0.0504. The maximum absolute atomic E-state index is 14.0. The number of H-pyrrole nitrogens is 1. The Morgan fingerprint density at radius 1 is 1.27 bits per heavy atom. The summed E-state index contributed by atoms with van der Waals surface area (Å²) in [7, 11) is 2.81. The lowest BCUT2D eigenvalue weighted by atomic mass is 10.1. The van der Waals surface area contributed by atoms with Gasteiger partial charge in [-0.1, -0.05) is 0 Å². The number of ether oxygens (including phenoxy) is 2. The Morgan fingerprint density at radius 3 is 2.55 bits per heavy atom. The molecule has 1 aromatic heterocycles. The smallest absolute Gasteiger partial charge is 0.252 e. The average molecular weight is 325 g/mol. The molecule has 0 saturated carbocycles. The van der Waals surface area contributed by atoms with Crippen LogP contribution in [-0.4, -0.2) is 30.3 Å². The highest BCUT2D eigenvalue weighted by Crippen LogP contribution is 2.34. The number of hydrogen-bond donors (Lipinski definition) is 2. The summed E-state index contributed by atoms with van der Waals surface area (Å²) in [5, 5.41) is 0. The van der Waals surface area contributed by atoms with Crippen LogP contribution in [-0.2, 0) is 6.54 Å². The van der Waals surface area contributed by atoms with Crippen LogP contribution in [0.5, 0.6) is 11.5 Å². The highest BCUT2D eigenvalue weighted by molar-refractivity contribution is 7.71. The molecule has 0 bridgehead atoms. The summed E-state index contributed by atoms with van der Waals surface area (Å²) in [6.45, 7) is 0.691. The molecule has 0 atom stereocenters. The highest BCUT2D eigenvalue weighted by atomic mass is 32.1. The number of benzene rings is 1. The molecule has 1 aromatic carbocycles. The molecule has 0 aliphatic carbocycles. The Labute approximate surface area is 131 Å². The molecular formula is C14H16FN3O3S. The van der Waals surface area contributed by atoms with E-state index in [-0.39, 0.29) is 16.1 Å². The van der Waals surface area contributed by atoms with Crippen LogP contribution in [0.2, 0.25) is 0 Å². The zero-order chi connectivity index (χ0) is 16.3. The molecule has 2 aromatic rings. The summed E-state index contributed by atoms with van der Waals surface area (Å²) < 4.78 is 26.1. The molecule has 2 rings (SSSR count). The largest absolute Gasteiger partial charge is 0.496 e. The molecule has 0 aliphatic rings. The van der Waals surface area contributed by atoms with E-state index < -0.39 is 5.82 Å². The summed E-state index contributed by atoms with van der Waals surface area (Å²) in [4.78, 5) is 14.2. The number of methoxy groups -OCH3 is 2. The van der Waals surface area contributed by atoms with Gasteiger partial charge in [0, 0.05) is 30.8 Å². The maximum Gasteiger partial charge on any atom is 0.252 e. The van der Waals surface area contributed by atoms with Gasteiger partial charge in [-0.25, -0.2) is 4.39 Å². The van der Waals surface area contributed by atoms with E-state index in [1.54, 1.807) is 4.57 Å². The zero-order valence-electron chi connectivity index (χ0n) is 12.2. The minimum atomic E-state index is -0.566. The first-order valence-electron chi connectivity index (χ1n) is 6.48. The van der Waals surface area contributed by atoms with Gasteiger partial charge in [-0.3, -0.25) is 9.78 Å². The van der Waals surface area contributed by atoms with Crippen molar-refractivity contribution in [2.75, 3.05) is 20.8 Å². The molecule has 0 fully saturated rings. The van der Waals surface area contributed by atoms with E-state index in [0.29, 0.717) is 30.1 Å². The van der Waals surface area contributed by atoms with Gasteiger partial charge < -0.3 is 19.8 Å². The topological polar surface area (TPSA) is 82.3 Å². The fourth-order valence-electron chi connectivity index (χ4n) is 2.15. The normalized spacial score (nSPS) is 10.5. The third-order valence-corrected chi connectivity index (χ3v) is 3.46. The molecule has 22 heavy (non-hydrogen) atoms. The van der Waals surface area contributed by atoms with Crippen LogP contribution >= 0.6 is 12.2 Å². The summed E-state index contributed by atoms with van der Waals surface area (Å²) >= 11 is 5.15. The van der Waals surface area contributed by atoms with Gasteiger partial charge in [0.1, 0.15) is 5.75 Å². The summed E-state index contributed by atoms with van der Waals surface area (Å²) in [6.07, 6.45) is 0. The molecule has 0 aliphatic heterocycles. The van der Waals surface area contributed by atoms with Crippen molar-refractivity contribution in [3.63, 3.8) is 0 Å². The van der Waals surface area contributed by atoms with E-state index in [1.165, 1.54) is 32.4 Å². The van der Waals surface area contributed by atoms with Crippen LogP contribution < -0.4 is 20.8 Å². The third kappa shape index (κ3) is 3.02. The van der Waals surface area contributed by atoms with Crippen LogP contribution in [0.1, 0.15) is 0 Å². The lowest BCUT2D eigenvalue weighted by Gasteiger charge is -2.16. The first-order valence-corrected chi connectivity index (χ1v) is 6.88. The van der Waals surface area contributed by atoms with Crippen LogP contribution in [0, 0.1) is 10.6 Å². The Morgan fingerprint density at radius 2 is 1.95 bits per heavy atom. The fraction of sp³-hybridized carbons (Fsp3) is 0.286. The molecule has 118 valence electrons. The van der Waals surface area contributed by atoms with Crippen molar-refractivity contribution in [3.8, 4) is 22.8 Å². The lowest BCUT2D eigenvalue weighted by Crippen LogP contribution is -2.19. The van der Waals surface area contributed by atoms with Crippen LogP contribution in [0.4, 0.5) is 4.39 Å². The van der Waals surface area contributed by atoms with Crippen molar-refractivity contribution in [2.45, 2.75) is 6.54 Å². The van der Waals surface area contributed by atoms with Crippen LogP contribution in [0.15, 0.2) is 23.0 Å². The van der Waals surface area contributed by atoms with Gasteiger partial charge in [-0.15, -0.1) is 0 Å². The van der Waals surface area contributed by atoms with Crippen molar-refractivity contribution in [3.05, 3.63) is 39.1 Å². The predicted octanol–water partition coefficient (Wildman–Crippen LogP) is 1.69. The third-order valence-electron chi connectivity index (χ3n) is 3.14. The van der Waals surface area contributed by atoms with E-state index in [4.69, 9.17) is 27.4 Å². The number of rotatable bonds is 5.